The van der Waals surface area contributed by atoms with Gasteiger partial charge in [0.2, 0.25) is 0 Å². The van der Waals surface area contributed by atoms with Gasteiger partial charge in [-0.05, 0) is 19.9 Å². The molecule has 5 heteroatoms. The fourth-order valence-electron chi connectivity index (χ4n) is 1.80. The quantitative estimate of drug-likeness (QED) is 0.907. The van der Waals surface area contributed by atoms with E-state index in [1.807, 2.05) is 0 Å². The van der Waals surface area contributed by atoms with Crippen LogP contribution in [0.15, 0.2) is 18.2 Å². The van der Waals surface area contributed by atoms with Gasteiger partial charge in [0.1, 0.15) is 12.4 Å². The molecule has 1 N–H and O–H groups in total. The van der Waals surface area contributed by atoms with Crippen LogP contribution in [0, 0.1) is 0 Å². The Hall–Kier alpha value is -0.640. The molecule has 0 aromatic heterocycles. The molecule has 0 unspecified atom stereocenters. The van der Waals surface area contributed by atoms with Gasteiger partial charge in [0.25, 0.3) is 0 Å². The van der Waals surface area contributed by atoms with Gasteiger partial charge in [0, 0.05) is 43.5 Å². The molecule has 0 fully saturated rings. The van der Waals surface area contributed by atoms with Crippen LogP contribution in [-0.2, 0) is 6.54 Å². The molecule has 1 aromatic carbocycles. The summed E-state index contributed by atoms with van der Waals surface area (Å²) in [6.45, 7) is 6.95. The number of halogens is 2. The Balaban J connectivity index is 0.00000144. The number of benzene rings is 1. The molecule has 0 radical (unpaired) electrons. The summed E-state index contributed by atoms with van der Waals surface area (Å²) < 4.78 is 5.73. The normalized spacial score (nSPS) is 13.6. The van der Waals surface area contributed by atoms with Gasteiger partial charge in [-0.1, -0.05) is 6.07 Å². The first kappa shape index (κ1) is 17.4. The monoisotopic (exact) mass is 292 g/mol. The topological polar surface area (TPSA) is 24.5 Å². The van der Waals surface area contributed by atoms with Crippen molar-refractivity contribution in [3.05, 3.63) is 23.8 Å². The van der Waals surface area contributed by atoms with Crippen molar-refractivity contribution in [2.75, 3.05) is 25.1 Å². The van der Waals surface area contributed by atoms with Crippen molar-refractivity contribution in [2.45, 2.75) is 26.4 Å². The van der Waals surface area contributed by atoms with Gasteiger partial charge < -0.3 is 15.0 Å². The van der Waals surface area contributed by atoms with Crippen LogP contribution in [0.2, 0.25) is 0 Å². The Morgan fingerprint density at radius 3 is 2.67 bits per heavy atom. The standard InChI is InChI=1S/C13H20N2O.2ClH/c1-10(2)15(3)12-5-4-11-9-14-6-7-16-13(11)8-12;;/h4-5,8,10,14H,6-7,9H2,1-3H3;2*1H. The first-order valence-electron chi connectivity index (χ1n) is 5.88. The number of nitrogens with one attached hydrogen (secondary N) is 1. The number of hydrogen-bond acceptors (Lipinski definition) is 3. The van der Waals surface area contributed by atoms with Crippen LogP contribution in [0.25, 0.3) is 0 Å². The second-order valence-electron chi connectivity index (χ2n) is 4.52. The highest BCUT2D eigenvalue weighted by molar-refractivity contribution is 5.85. The van der Waals surface area contributed by atoms with E-state index in [2.05, 4.69) is 49.3 Å². The van der Waals surface area contributed by atoms with Crippen molar-refractivity contribution in [3.8, 4) is 5.75 Å². The molecule has 1 aliphatic rings. The zero-order valence-electron chi connectivity index (χ0n) is 11.1. The summed E-state index contributed by atoms with van der Waals surface area (Å²) in [5, 5.41) is 3.34. The lowest BCUT2D eigenvalue weighted by molar-refractivity contribution is 0.326. The molecule has 0 spiro atoms. The van der Waals surface area contributed by atoms with Crippen molar-refractivity contribution < 1.29 is 4.74 Å². The fourth-order valence-corrected chi connectivity index (χ4v) is 1.80. The third-order valence-corrected chi connectivity index (χ3v) is 3.08. The fraction of sp³-hybridized carbons (Fsp3) is 0.538. The zero-order valence-corrected chi connectivity index (χ0v) is 12.7. The summed E-state index contributed by atoms with van der Waals surface area (Å²) in [5.41, 5.74) is 2.47. The van der Waals surface area contributed by atoms with Gasteiger partial charge in [-0.25, -0.2) is 0 Å². The molecular formula is C13H22Cl2N2O. The molecule has 1 aliphatic heterocycles. The minimum absolute atomic E-state index is 0. The van der Waals surface area contributed by atoms with Gasteiger partial charge in [-0.15, -0.1) is 24.8 Å². The molecule has 1 aromatic rings. The molecule has 0 aliphatic carbocycles. The SMILES string of the molecule is CC(C)N(C)c1ccc2c(c1)OCCNC2.Cl.Cl. The molecule has 2 rings (SSSR count). The maximum Gasteiger partial charge on any atom is 0.125 e. The average molecular weight is 293 g/mol. The van der Waals surface area contributed by atoms with E-state index in [1.54, 1.807) is 0 Å². The highest BCUT2D eigenvalue weighted by Crippen LogP contribution is 2.27. The molecule has 0 saturated carbocycles. The molecule has 0 bridgehead atoms. The van der Waals surface area contributed by atoms with E-state index >= 15 is 0 Å². The Morgan fingerprint density at radius 1 is 1.28 bits per heavy atom. The molecule has 0 atom stereocenters. The number of rotatable bonds is 2. The lowest BCUT2D eigenvalue weighted by Gasteiger charge is -2.24. The summed E-state index contributed by atoms with van der Waals surface area (Å²) in [6, 6.07) is 6.96. The Morgan fingerprint density at radius 2 is 2.00 bits per heavy atom. The van der Waals surface area contributed by atoms with Crippen molar-refractivity contribution >= 4 is 30.5 Å². The van der Waals surface area contributed by atoms with Gasteiger partial charge in [-0.3, -0.25) is 0 Å². The lowest BCUT2D eigenvalue weighted by atomic mass is 10.1. The van der Waals surface area contributed by atoms with Gasteiger partial charge in [0.05, 0.1) is 0 Å². The van der Waals surface area contributed by atoms with E-state index in [0.29, 0.717) is 6.04 Å². The third kappa shape index (κ3) is 3.94. The number of fused-ring (bicyclic) bond motifs is 1. The van der Waals surface area contributed by atoms with Crippen molar-refractivity contribution in [1.29, 1.82) is 0 Å². The lowest BCUT2D eigenvalue weighted by Crippen LogP contribution is -2.25. The smallest absolute Gasteiger partial charge is 0.125 e. The first-order chi connectivity index (χ1) is 7.68. The maximum atomic E-state index is 5.73. The maximum absolute atomic E-state index is 5.73. The van der Waals surface area contributed by atoms with E-state index in [0.717, 1.165) is 25.4 Å². The van der Waals surface area contributed by atoms with Gasteiger partial charge >= 0.3 is 0 Å². The Kier molecular flexibility index (Phi) is 7.45. The molecule has 3 nitrogen and oxygen atoms in total. The second-order valence-corrected chi connectivity index (χ2v) is 4.52. The molecule has 0 amide bonds. The number of hydrogen-bond donors (Lipinski definition) is 1. The number of ether oxygens (including phenoxy) is 1. The predicted molar refractivity (Wildman–Crippen MR) is 81.7 cm³/mol. The van der Waals surface area contributed by atoms with Gasteiger partial charge in [-0.2, -0.15) is 0 Å². The summed E-state index contributed by atoms with van der Waals surface area (Å²) in [7, 11) is 2.11. The highest BCUT2D eigenvalue weighted by atomic mass is 35.5. The average Bonchev–Trinajstić information content (AvgIpc) is 2.51. The van der Waals surface area contributed by atoms with E-state index < -0.39 is 0 Å². The van der Waals surface area contributed by atoms with Gasteiger partial charge in [0.15, 0.2) is 0 Å². The van der Waals surface area contributed by atoms with Crippen LogP contribution in [0.5, 0.6) is 5.75 Å². The predicted octanol–water partition coefficient (Wildman–Crippen LogP) is 2.86. The zero-order chi connectivity index (χ0) is 11.5. The van der Waals surface area contributed by atoms with Crippen LogP contribution in [-0.4, -0.2) is 26.2 Å². The van der Waals surface area contributed by atoms with Crippen molar-refractivity contribution in [2.24, 2.45) is 0 Å². The first-order valence-corrected chi connectivity index (χ1v) is 5.88. The van der Waals surface area contributed by atoms with Crippen molar-refractivity contribution in [1.82, 2.24) is 5.32 Å². The highest BCUT2D eigenvalue weighted by Gasteiger charge is 2.11. The third-order valence-electron chi connectivity index (χ3n) is 3.08. The van der Waals surface area contributed by atoms with Crippen LogP contribution >= 0.6 is 24.8 Å². The summed E-state index contributed by atoms with van der Waals surface area (Å²) in [6.07, 6.45) is 0. The van der Waals surface area contributed by atoms with Crippen LogP contribution in [0.1, 0.15) is 19.4 Å². The molecule has 18 heavy (non-hydrogen) atoms. The molecule has 104 valence electrons. The second kappa shape index (κ2) is 7.72. The molecule has 0 saturated heterocycles. The van der Waals surface area contributed by atoms with E-state index in [-0.39, 0.29) is 24.8 Å². The van der Waals surface area contributed by atoms with E-state index in [4.69, 9.17) is 4.74 Å². The van der Waals surface area contributed by atoms with Crippen LogP contribution in [0.4, 0.5) is 5.69 Å². The largest absolute Gasteiger partial charge is 0.492 e. The summed E-state index contributed by atoms with van der Waals surface area (Å²) in [5.74, 6) is 1.02. The number of nitrogens with zero attached hydrogens (tertiary/aromatic N) is 1. The molecular weight excluding hydrogens is 271 g/mol. The molecule has 1 heterocycles. The Bertz CT molecular complexity index is 372. The summed E-state index contributed by atoms with van der Waals surface area (Å²) >= 11 is 0. The van der Waals surface area contributed by atoms with Crippen molar-refractivity contribution in [3.63, 3.8) is 0 Å². The van der Waals surface area contributed by atoms with Crippen LogP contribution in [0.3, 0.4) is 0 Å². The van der Waals surface area contributed by atoms with Crippen LogP contribution < -0.4 is 15.0 Å². The minimum Gasteiger partial charge on any atom is -0.492 e. The Labute approximate surface area is 122 Å². The van der Waals surface area contributed by atoms with E-state index in [9.17, 15) is 0 Å². The summed E-state index contributed by atoms with van der Waals surface area (Å²) in [4.78, 5) is 2.25. The minimum atomic E-state index is 0. The number of anilines is 1. The van der Waals surface area contributed by atoms with E-state index in [1.165, 1.54) is 11.3 Å².